The molecule has 112 valence electrons. The van der Waals surface area contributed by atoms with Crippen LogP contribution >= 0.6 is 38.9 Å². The molecule has 2 aromatic rings. The highest BCUT2D eigenvalue weighted by molar-refractivity contribution is 9.10. The molecule has 1 heterocycles. The van der Waals surface area contributed by atoms with Crippen molar-refractivity contribution >= 4 is 59.7 Å². The molecule has 0 unspecified atom stereocenters. The normalized spacial score (nSPS) is 12.4. The van der Waals surface area contributed by atoms with Crippen LogP contribution in [-0.2, 0) is 10.0 Å². The van der Waals surface area contributed by atoms with E-state index in [1.54, 1.807) is 12.3 Å². The van der Waals surface area contributed by atoms with Gasteiger partial charge in [0.15, 0.2) is 5.13 Å². The van der Waals surface area contributed by atoms with E-state index in [0.717, 1.165) is 11.3 Å². The van der Waals surface area contributed by atoms with Gasteiger partial charge in [-0.2, -0.15) is 0 Å². The molecular weight excluding hydrogens is 402 g/mol. The van der Waals surface area contributed by atoms with Crippen LogP contribution in [0.25, 0.3) is 0 Å². The van der Waals surface area contributed by atoms with Crippen LogP contribution in [0.1, 0.15) is 12.6 Å². The van der Waals surface area contributed by atoms with Crippen LogP contribution in [0, 0.1) is 0 Å². The Morgan fingerprint density at radius 2 is 2.24 bits per heavy atom. The Morgan fingerprint density at radius 3 is 2.86 bits per heavy atom. The van der Waals surface area contributed by atoms with Gasteiger partial charge in [0.05, 0.1) is 9.92 Å². The molecule has 0 radical (unpaired) electrons. The summed E-state index contributed by atoms with van der Waals surface area (Å²) >= 11 is 10.1. The maximum absolute atomic E-state index is 12.2. The molecule has 6 nitrogen and oxygen atoms in total. The molecule has 2 N–H and O–H groups in total. The Balaban J connectivity index is 2.29. The highest BCUT2D eigenvalue weighted by Gasteiger charge is 2.17. The van der Waals surface area contributed by atoms with Crippen molar-refractivity contribution in [2.75, 3.05) is 4.72 Å². The van der Waals surface area contributed by atoms with E-state index in [2.05, 4.69) is 30.8 Å². The first kappa shape index (κ1) is 16.2. The molecule has 0 bridgehead atoms. The van der Waals surface area contributed by atoms with Gasteiger partial charge in [-0.25, -0.2) is 13.4 Å². The summed E-state index contributed by atoms with van der Waals surface area (Å²) in [6.07, 6.45) is 0. The Morgan fingerprint density at radius 1 is 1.52 bits per heavy atom. The molecule has 1 aromatic carbocycles. The van der Waals surface area contributed by atoms with Crippen LogP contribution in [0.2, 0.25) is 5.02 Å². The summed E-state index contributed by atoms with van der Waals surface area (Å²) in [6, 6.07) is 4.28. The maximum atomic E-state index is 12.2. The second-order valence-corrected chi connectivity index (χ2v) is 7.71. The topological polar surface area (TPSA) is 91.7 Å². The van der Waals surface area contributed by atoms with Gasteiger partial charge in [0.25, 0.3) is 10.0 Å². The summed E-state index contributed by atoms with van der Waals surface area (Å²) in [5.74, 6) is 0. The molecule has 0 amide bonds. The molecule has 1 aromatic heterocycles. The summed E-state index contributed by atoms with van der Waals surface area (Å²) in [6.45, 7) is 1.56. The van der Waals surface area contributed by atoms with Crippen LogP contribution in [0.4, 0.5) is 5.13 Å². The second-order valence-electron chi connectivity index (χ2n) is 3.90. The molecule has 0 saturated heterocycles. The van der Waals surface area contributed by atoms with Crippen molar-refractivity contribution in [3.63, 3.8) is 0 Å². The smallest absolute Gasteiger partial charge is 0.263 e. The predicted octanol–water partition coefficient (Wildman–Crippen LogP) is 3.56. The minimum atomic E-state index is -3.76. The lowest BCUT2D eigenvalue weighted by Crippen LogP contribution is -2.13. The second kappa shape index (κ2) is 6.30. The standard InChI is InChI=1S/C11H9BrClN3O3S2/c1-6(15-17)10-5-20-11(14-10)16-21(18,19)7-2-3-9(13)8(12)4-7/h2-5,17H,1H3,(H,14,16)/b15-6-. The monoisotopic (exact) mass is 409 g/mol. The van der Waals surface area contributed by atoms with Crippen molar-refractivity contribution < 1.29 is 13.6 Å². The third kappa shape index (κ3) is 3.73. The molecule has 0 aliphatic carbocycles. The van der Waals surface area contributed by atoms with Crippen molar-refractivity contribution in [2.24, 2.45) is 5.16 Å². The maximum Gasteiger partial charge on any atom is 0.263 e. The first-order chi connectivity index (χ1) is 9.83. The van der Waals surface area contributed by atoms with E-state index in [9.17, 15) is 8.42 Å². The number of benzene rings is 1. The zero-order valence-electron chi connectivity index (χ0n) is 10.5. The molecular formula is C11H9BrClN3O3S2. The van der Waals surface area contributed by atoms with Crippen molar-refractivity contribution in [1.82, 2.24) is 4.98 Å². The quantitative estimate of drug-likeness (QED) is 0.458. The zero-order chi connectivity index (χ0) is 15.6. The Labute approximate surface area is 138 Å². The third-order valence-electron chi connectivity index (χ3n) is 2.45. The Hall–Kier alpha value is -1.16. The zero-order valence-corrected chi connectivity index (χ0v) is 14.5. The van der Waals surface area contributed by atoms with Crippen LogP contribution in [0.3, 0.4) is 0 Å². The first-order valence-corrected chi connectivity index (χ1v) is 8.99. The number of aromatic nitrogens is 1. The number of hydrogen-bond acceptors (Lipinski definition) is 6. The lowest BCUT2D eigenvalue weighted by Gasteiger charge is -2.06. The average molecular weight is 411 g/mol. The fourth-order valence-corrected chi connectivity index (χ4v) is 4.04. The van der Waals surface area contributed by atoms with Crippen LogP contribution < -0.4 is 4.72 Å². The van der Waals surface area contributed by atoms with Crippen molar-refractivity contribution in [3.8, 4) is 0 Å². The summed E-state index contributed by atoms with van der Waals surface area (Å²) in [7, 11) is -3.76. The fraction of sp³-hybridized carbons (Fsp3) is 0.0909. The number of halogens is 2. The van der Waals surface area contributed by atoms with Crippen molar-refractivity contribution in [3.05, 3.63) is 38.8 Å². The number of sulfonamides is 1. The van der Waals surface area contributed by atoms with E-state index in [-0.39, 0.29) is 10.0 Å². The van der Waals surface area contributed by atoms with E-state index >= 15 is 0 Å². The molecule has 0 spiro atoms. The van der Waals surface area contributed by atoms with Gasteiger partial charge in [-0.15, -0.1) is 11.3 Å². The van der Waals surface area contributed by atoms with Crippen LogP contribution in [0.5, 0.6) is 0 Å². The lowest BCUT2D eigenvalue weighted by atomic mass is 10.3. The highest BCUT2D eigenvalue weighted by Crippen LogP contribution is 2.27. The van der Waals surface area contributed by atoms with Gasteiger partial charge >= 0.3 is 0 Å². The van der Waals surface area contributed by atoms with E-state index in [1.165, 1.54) is 18.2 Å². The molecule has 10 heteroatoms. The molecule has 0 atom stereocenters. The number of rotatable bonds is 4. The molecule has 0 fully saturated rings. The first-order valence-electron chi connectivity index (χ1n) is 5.46. The Kier molecular flexibility index (Phi) is 4.87. The summed E-state index contributed by atoms with van der Waals surface area (Å²) in [5.41, 5.74) is 0.698. The van der Waals surface area contributed by atoms with E-state index < -0.39 is 10.0 Å². The van der Waals surface area contributed by atoms with Gasteiger partial charge in [-0.1, -0.05) is 16.8 Å². The summed E-state index contributed by atoms with van der Waals surface area (Å²) in [5, 5.41) is 13.9. The molecule has 21 heavy (non-hydrogen) atoms. The largest absolute Gasteiger partial charge is 0.411 e. The third-order valence-corrected chi connectivity index (χ3v) is 5.89. The summed E-state index contributed by atoms with van der Waals surface area (Å²) in [4.78, 5) is 4.09. The van der Waals surface area contributed by atoms with E-state index in [4.69, 9.17) is 16.8 Å². The van der Waals surface area contributed by atoms with Gasteiger partial charge in [-0.3, -0.25) is 4.72 Å². The lowest BCUT2D eigenvalue weighted by molar-refractivity contribution is 0.319. The Bertz CT molecular complexity index is 805. The molecule has 2 rings (SSSR count). The van der Waals surface area contributed by atoms with Gasteiger partial charge in [-0.05, 0) is 41.1 Å². The number of nitrogens with zero attached hydrogens (tertiary/aromatic N) is 2. The molecule has 0 saturated carbocycles. The molecule has 0 aliphatic rings. The SMILES string of the molecule is C/C(=N/O)c1csc(NS(=O)(=O)c2ccc(Cl)c(Br)c2)n1. The van der Waals surface area contributed by atoms with Gasteiger partial charge in [0.2, 0.25) is 0 Å². The van der Waals surface area contributed by atoms with E-state index in [0.29, 0.717) is 20.9 Å². The average Bonchev–Trinajstić information content (AvgIpc) is 2.88. The number of hydrogen-bond donors (Lipinski definition) is 2. The van der Waals surface area contributed by atoms with Gasteiger partial charge < -0.3 is 5.21 Å². The number of anilines is 1. The van der Waals surface area contributed by atoms with Crippen molar-refractivity contribution in [2.45, 2.75) is 11.8 Å². The molecule has 0 aliphatic heterocycles. The minimum absolute atomic E-state index is 0.0584. The highest BCUT2D eigenvalue weighted by atomic mass is 79.9. The van der Waals surface area contributed by atoms with Crippen LogP contribution in [0.15, 0.2) is 38.1 Å². The number of oxime groups is 1. The van der Waals surface area contributed by atoms with E-state index in [1.807, 2.05) is 0 Å². The van der Waals surface area contributed by atoms with Gasteiger partial charge in [0.1, 0.15) is 11.4 Å². The minimum Gasteiger partial charge on any atom is -0.411 e. The number of thiazole rings is 1. The van der Waals surface area contributed by atoms with Crippen LogP contribution in [-0.4, -0.2) is 24.3 Å². The summed E-state index contributed by atoms with van der Waals surface area (Å²) < 4.78 is 27.3. The predicted molar refractivity (Wildman–Crippen MR) is 86.1 cm³/mol. The number of nitrogens with one attached hydrogen (secondary N) is 1. The van der Waals surface area contributed by atoms with Gasteiger partial charge in [0, 0.05) is 9.85 Å². The van der Waals surface area contributed by atoms with Crippen molar-refractivity contribution in [1.29, 1.82) is 0 Å². The fourth-order valence-electron chi connectivity index (χ4n) is 1.36.